The maximum absolute atomic E-state index is 12.0. The summed E-state index contributed by atoms with van der Waals surface area (Å²) in [4.78, 5) is 11.8. The number of amides is 1. The van der Waals surface area contributed by atoms with E-state index < -0.39 is 20.5 Å². The lowest BCUT2D eigenvalue weighted by molar-refractivity contribution is -0.120. The predicted molar refractivity (Wildman–Crippen MR) is 125 cm³/mol. The van der Waals surface area contributed by atoms with Crippen LogP contribution in [0.15, 0.2) is 24.3 Å². The van der Waals surface area contributed by atoms with Crippen molar-refractivity contribution in [3.05, 3.63) is 41.0 Å². The van der Waals surface area contributed by atoms with Crippen LogP contribution in [0.25, 0.3) is 5.57 Å². The summed E-state index contributed by atoms with van der Waals surface area (Å²) < 4.78 is 22.6. The SMILES string of the molecule is Cc1cc(C2=CCC(CCC(C)(C(N)=O)S(C)(=O)=O)CC2)ccc1C#CCC(C)C. The minimum atomic E-state index is -3.54. The van der Waals surface area contributed by atoms with Gasteiger partial charge in [0.1, 0.15) is 4.75 Å². The molecule has 0 radical (unpaired) electrons. The molecule has 1 amide bonds. The second-order valence-electron chi connectivity index (χ2n) is 9.21. The second-order valence-corrected chi connectivity index (χ2v) is 11.7. The number of aryl methyl sites for hydroxylation is 1. The van der Waals surface area contributed by atoms with Gasteiger partial charge in [-0.15, -0.1) is 0 Å². The van der Waals surface area contributed by atoms with Crippen molar-refractivity contribution >= 4 is 21.3 Å². The average Bonchev–Trinajstić information content (AvgIpc) is 2.66. The fourth-order valence-corrected chi connectivity index (χ4v) is 4.59. The molecule has 0 fully saturated rings. The summed E-state index contributed by atoms with van der Waals surface area (Å²) in [5.41, 5.74) is 10.2. The van der Waals surface area contributed by atoms with Crippen molar-refractivity contribution in [2.24, 2.45) is 17.6 Å². The van der Waals surface area contributed by atoms with Crippen LogP contribution in [0.1, 0.15) is 76.0 Å². The van der Waals surface area contributed by atoms with E-state index >= 15 is 0 Å². The third-order valence-electron chi connectivity index (χ3n) is 6.22. The van der Waals surface area contributed by atoms with Gasteiger partial charge in [-0.05, 0) is 80.6 Å². The van der Waals surface area contributed by atoms with Gasteiger partial charge in [0.15, 0.2) is 9.84 Å². The van der Waals surface area contributed by atoms with Crippen LogP contribution in [-0.4, -0.2) is 25.3 Å². The Morgan fingerprint density at radius 2 is 2.03 bits per heavy atom. The number of hydrogen-bond acceptors (Lipinski definition) is 3. The van der Waals surface area contributed by atoms with E-state index in [1.807, 2.05) is 0 Å². The van der Waals surface area contributed by atoms with Crippen LogP contribution in [0.2, 0.25) is 0 Å². The summed E-state index contributed by atoms with van der Waals surface area (Å²) in [5, 5.41) is 0. The van der Waals surface area contributed by atoms with E-state index in [4.69, 9.17) is 5.73 Å². The highest BCUT2D eigenvalue weighted by Gasteiger charge is 2.41. The van der Waals surface area contributed by atoms with Crippen LogP contribution >= 0.6 is 0 Å². The van der Waals surface area contributed by atoms with Crippen molar-refractivity contribution < 1.29 is 13.2 Å². The molecule has 30 heavy (non-hydrogen) atoms. The van der Waals surface area contributed by atoms with Crippen molar-refractivity contribution in [3.63, 3.8) is 0 Å². The van der Waals surface area contributed by atoms with E-state index in [0.717, 1.165) is 37.5 Å². The first-order chi connectivity index (χ1) is 13.9. The number of primary amides is 1. The van der Waals surface area contributed by atoms with Crippen LogP contribution in [-0.2, 0) is 14.6 Å². The van der Waals surface area contributed by atoms with Crippen LogP contribution in [0.3, 0.4) is 0 Å². The highest BCUT2D eigenvalue weighted by Crippen LogP contribution is 2.35. The maximum atomic E-state index is 12.0. The highest BCUT2D eigenvalue weighted by atomic mass is 32.2. The smallest absolute Gasteiger partial charge is 0.238 e. The third kappa shape index (κ3) is 5.98. The van der Waals surface area contributed by atoms with Crippen molar-refractivity contribution in [3.8, 4) is 11.8 Å². The molecule has 5 heteroatoms. The summed E-state index contributed by atoms with van der Waals surface area (Å²) in [5.74, 6) is 6.72. The fraction of sp³-hybridized carbons (Fsp3) is 0.560. The van der Waals surface area contributed by atoms with Gasteiger partial charge < -0.3 is 5.73 Å². The first kappa shape index (κ1) is 24.2. The Hall–Kier alpha value is -2.06. The fourth-order valence-electron chi connectivity index (χ4n) is 3.74. The van der Waals surface area contributed by atoms with Crippen LogP contribution in [0.4, 0.5) is 0 Å². The van der Waals surface area contributed by atoms with Crippen LogP contribution < -0.4 is 5.73 Å². The standard InChI is InChI=1S/C25H35NO3S/c1-18(2)7-6-8-21-13-14-23(17-19(21)3)22-11-9-20(10-12-22)15-16-25(4,24(26)27)30(5,28)29/h11,13-14,17-18,20H,7,9-10,12,15-16H2,1-5H3,(H2,26,27). The lowest BCUT2D eigenvalue weighted by Crippen LogP contribution is -2.47. The number of carbonyl (C=O) groups excluding carboxylic acids is 1. The monoisotopic (exact) mass is 429 g/mol. The van der Waals surface area contributed by atoms with E-state index in [9.17, 15) is 13.2 Å². The second kappa shape index (κ2) is 9.83. The maximum Gasteiger partial charge on any atom is 0.238 e. The highest BCUT2D eigenvalue weighted by molar-refractivity contribution is 7.92. The Labute approximate surface area is 182 Å². The lowest BCUT2D eigenvalue weighted by Gasteiger charge is -2.28. The predicted octanol–water partition coefficient (Wildman–Crippen LogP) is 4.64. The Kier molecular flexibility index (Phi) is 7.93. The number of hydrogen-bond donors (Lipinski definition) is 1. The number of sulfone groups is 1. The minimum Gasteiger partial charge on any atom is -0.368 e. The van der Waals surface area contributed by atoms with Crippen molar-refractivity contribution in [1.82, 2.24) is 0 Å². The summed E-state index contributed by atoms with van der Waals surface area (Å²) in [6, 6.07) is 6.46. The summed E-state index contributed by atoms with van der Waals surface area (Å²) in [6.45, 7) is 7.89. The van der Waals surface area contributed by atoms with Gasteiger partial charge in [0, 0.05) is 18.2 Å². The van der Waals surface area contributed by atoms with Gasteiger partial charge in [-0.2, -0.15) is 0 Å². The van der Waals surface area contributed by atoms with Crippen LogP contribution in [0.5, 0.6) is 0 Å². The Morgan fingerprint density at radius 3 is 2.53 bits per heavy atom. The van der Waals surface area contributed by atoms with Gasteiger partial charge in [-0.3, -0.25) is 4.79 Å². The van der Waals surface area contributed by atoms with E-state index in [2.05, 4.69) is 56.9 Å². The molecule has 0 heterocycles. The minimum absolute atomic E-state index is 0.276. The van der Waals surface area contributed by atoms with E-state index in [0.29, 0.717) is 18.3 Å². The number of nitrogens with two attached hydrogens (primary N) is 1. The molecule has 4 nitrogen and oxygen atoms in total. The van der Waals surface area contributed by atoms with Crippen molar-refractivity contribution in [2.45, 2.75) is 71.0 Å². The number of rotatable bonds is 7. The third-order valence-corrected chi connectivity index (χ3v) is 8.26. The van der Waals surface area contributed by atoms with Gasteiger partial charge >= 0.3 is 0 Å². The molecular weight excluding hydrogens is 394 g/mol. The Morgan fingerprint density at radius 1 is 1.33 bits per heavy atom. The van der Waals surface area contributed by atoms with Crippen molar-refractivity contribution in [2.75, 3.05) is 6.26 Å². The molecule has 1 aromatic carbocycles. The van der Waals surface area contributed by atoms with Crippen molar-refractivity contribution in [1.29, 1.82) is 0 Å². The molecule has 164 valence electrons. The van der Waals surface area contributed by atoms with E-state index in [1.54, 1.807) is 0 Å². The average molecular weight is 430 g/mol. The number of allylic oxidation sites excluding steroid dienone is 2. The van der Waals surface area contributed by atoms with E-state index in [1.165, 1.54) is 23.6 Å². The van der Waals surface area contributed by atoms with E-state index in [-0.39, 0.29) is 6.42 Å². The van der Waals surface area contributed by atoms with Crippen LogP contribution in [0, 0.1) is 30.6 Å². The van der Waals surface area contributed by atoms with Gasteiger partial charge in [0.25, 0.3) is 0 Å². The topological polar surface area (TPSA) is 77.2 Å². The molecule has 0 aliphatic heterocycles. The van der Waals surface area contributed by atoms with Gasteiger partial charge in [0.05, 0.1) is 0 Å². The molecule has 2 atom stereocenters. The zero-order valence-electron chi connectivity index (χ0n) is 18.9. The Bertz CT molecular complexity index is 979. The zero-order valence-corrected chi connectivity index (χ0v) is 19.7. The largest absolute Gasteiger partial charge is 0.368 e. The molecule has 0 aromatic heterocycles. The number of benzene rings is 1. The molecule has 0 bridgehead atoms. The quantitative estimate of drug-likeness (QED) is 0.641. The lowest BCUT2D eigenvalue weighted by atomic mass is 9.82. The summed E-state index contributed by atoms with van der Waals surface area (Å²) in [6.07, 6.45) is 8.04. The first-order valence-electron chi connectivity index (χ1n) is 10.7. The van der Waals surface area contributed by atoms with Gasteiger partial charge in [-0.1, -0.05) is 43.9 Å². The molecule has 0 saturated heterocycles. The molecule has 1 aliphatic carbocycles. The molecule has 0 spiro atoms. The molecule has 1 aliphatic rings. The number of carbonyl (C=O) groups is 1. The molecule has 2 rings (SSSR count). The molecule has 2 N–H and O–H groups in total. The molecule has 2 unspecified atom stereocenters. The Balaban J connectivity index is 2.03. The first-order valence-corrected chi connectivity index (χ1v) is 12.6. The zero-order chi connectivity index (χ0) is 22.5. The summed E-state index contributed by atoms with van der Waals surface area (Å²) in [7, 11) is -3.54. The molecular formula is C25H35NO3S. The molecule has 1 aromatic rings. The van der Waals surface area contributed by atoms with Gasteiger partial charge in [-0.25, -0.2) is 8.42 Å². The molecule has 0 saturated carbocycles. The summed E-state index contributed by atoms with van der Waals surface area (Å²) >= 11 is 0. The normalized spacial score (nSPS) is 18.9. The van der Waals surface area contributed by atoms with Gasteiger partial charge in [0.2, 0.25) is 5.91 Å².